The van der Waals surface area contributed by atoms with Crippen molar-refractivity contribution in [3.8, 4) is 0 Å². The zero-order valence-electron chi connectivity index (χ0n) is 10.6. The Hall–Kier alpha value is -1.13. The van der Waals surface area contributed by atoms with E-state index in [0.29, 0.717) is 0 Å². The van der Waals surface area contributed by atoms with Gasteiger partial charge in [0.2, 0.25) is 0 Å². The predicted molar refractivity (Wildman–Crippen MR) is 71.8 cm³/mol. The van der Waals surface area contributed by atoms with Crippen LogP contribution in [0.3, 0.4) is 0 Å². The van der Waals surface area contributed by atoms with E-state index in [1.165, 1.54) is 6.07 Å². The molecule has 0 aromatic heterocycles. The second-order valence-corrected chi connectivity index (χ2v) is 4.55. The van der Waals surface area contributed by atoms with Crippen LogP contribution in [0.5, 0.6) is 0 Å². The lowest BCUT2D eigenvalue weighted by atomic mass is 10.1. The topological polar surface area (TPSA) is 32.3 Å². The Morgan fingerprint density at radius 1 is 1.50 bits per heavy atom. The van der Waals surface area contributed by atoms with Crippen molar-refractivity contribution in [1.82, 2.24) is 10.2 Å². The van der Waals surface area contributed by atoms with Crippen LogP contribution >= 0.6 is 12.4 Å². The van der Waals surface area contributed by atoms with Crippen LogP contribution in [0.4, 0.5) is 4.39 Å². The van der Waals surface area contributed by atoms with Crippen molar-refractivity contribution < 1.29 is 9.18 Å². The fourth-order valence-electron chi connectivity index (χ4n) is 2.12. The molecule has 1 saturated heterocycles. The van der Waals surface area contributed by atoms with Gasteiger partial charge in [0.15, 0.2) is 0 Å². The van der Waals surface area contributed by atoms with Crippen LogP contribution < -0.4 is 5.32 Å². The fraction of sp³-hybridized carbons (Fsp3) is 0.462. The monoisotopic (exact) mass is 272 g/mol. The van der Waals surface area contributed by atoms with E-state index in [-0.39, 0.29) is 29.9 Å². The van der Waals surface area contributed by atoms with Gasteiger partial charge in [-0.2, -0.15) is 0 Å². The largest absolute Gasteiger partial charge is 0.337 e. The minimum absolute atomic E-state index is 0. The molecule has 1 amide bonds. The van der Waals surface area contributed by atoms with Crippen molar-refractivity contribution >= 4 is 18.3 Å². The van der Waals surface area contributed by atoms with Gasteiger partial charge >= 0.3 is 0 Å². The summed E-state index contributed by atoms with van der Waals surface area (Å²) in [6, 6.07) is 4.89. The summed E-state index contributed by atoms with van der Waals surface area (Å²) < 4.78 is 13.7. The van der Waals surface area contributed by atoms with Crippen molar-refractivity contribution in [1.29, 1.82) is 0 Å². The summed E-state index contributed by atoms with van der Waals surface area (Å²) in [5.41, 5.74) is 0.981. The molecule has 1 aromatic rings. The number of amides is 1. The molecule has 1 N–H and O–H groups in total. The number of hydrogen-bond acceptors (Lipinski definition) is 2. The lowest BCUT2D eigenvalue weighted by Crippen LogP contribution is -2.38. The number of halogens is 2. The van der Waals surface area contributed by atoms with E-state index in [0.717, 1.165) is 25.1 Å². The number of nitrogens with zero attached hydrogens (tertiary/aromatic N) is 1. The van der Waals surface area contributed by atoms with Gasteiger partial charge in [-0.25, -0.2) is 4.39 Å². The van der Waals surface area contributed by atoms with E-state index in [9.17, 15) is 9.18 Å². The molecule has 100 valence electrons. The molecule has 1 aliphatic rings. The van der Waals surface area contributed by atoms with E-state index < -0.39 is 5.82 Å². The molecule has 1 unspecified atom stereocenters. The molecule has 1 atom stereocenters. The molecular weight excluding hydrogens is 255 g/mol. The third-order valence-electron chi connectivity index (χ3n) is 3.26. The first kappa shape index (κ1) is 14.9. The van der Waals surface area contributed by atoms with E-state index >= 15 is 0 Å². The van der Waals surface area contributed by atoms with E-state index in [2.05, 4.69) is 5.32 Å². The van der Waals surface area contributed by atoms with E-state index in [1.807, 2.05) is 6.92 Å². The van der Waals surface area contributed by atoms with Gasteiger partial charge in [0.25, 0.3) is 5.91 Å². The fourth-order valence-corrected chi connectivity index (χ4v) is 2.12. The minimum Gasteiger partial charge on any atom is -0.337 e. The number of likely N-dealkylation sites (N-methyl/N-ethyl adjacent to an activating group) is 1. The number of carbonyl (C=O) groups is 1. The first-order valence-electron chi connectivity index (χ1n) is 5.83. The number of nitrogens with one attached hydrogen (secondary N) is 1. The minimum atomic E-state index is -0.437. The average molecular weight is 273 g/mol. The number of benzene rings is 1. The summed E-state index contributed by atoms with van der Waals surface area (Å²) in [5.74, 6) is -0.677. The molecule has 18 heavy (non-hydrogen) atoms. The molecule has 0 aliphatic carbocycles. The Labute approximate surface area is 113 Å². The predicted octanol–water partition coefficient (Wildman–Crippen LogP) is 1.99. The van der Waals surface area contributed by atoms with Gasteiger partial charge in [-0.3, -0.25) is 4.79 Å². The second-order valence-electron chi connectivity index (χ2n) is 4.55. The zero-order chi connectivity index (χ0) is 12.4. The molecule has 1 aliphatic heterocycles. The molecular formula is C13H18ClFN2O. The molecule has 0 spiro atoms. The highest BCUT2D eigenvalue weighted by atomic mass is 35.5. The number of rotatable bonds is 2. The van der Waals surface area contributed by atoms with Crippen molar-refractivity contribution in [2.24, 2.45) is 0 Å². The van der Waals surface area contributed by atoms with Gasteiger partial charge in [0, 0.05) is 19.6 Å². The van der Waals surface area contributed by atoms with Gasteiger partial charge in [-0.15, -0.1) is 12.4 Å². The van der Waals surface area contributed by atoms with E-state index in [1.54, 1.807) is 24.1 Å². The van der Waals surface area contributed by atoms with Gasteiger partial charge in [-0.1, -0.05) is 6.07 Å². The Balaban J connectivity index is 0.00000162. The maximum atomic E-state index is 13.7. The van der Waals surface area contributed by atoms with Crippen molar-refractivity contribution in [2.75, 3.05) is 20.1 Å². The first-order chi connectivity index (χ1) is 8.09. The third kappa shape index (κ3) is 3.00. The molecule has 1 aromatic carbocycles. The maximum Gasteiger partial charge on any atom is 0.256 e. The number of carbonyl (C=O) groups excluding carboxylic acids is 1. The molecule has 0 saturated carbocycles. The van der Waals surface area contributed by atoms with Crippen LogP contribution in [0.25, 0.3) is 0 Å². The Kier molecular flexibility index (Phi) is 5.11. The van der Waals surface area contributed by atoms with Crippen LogP contribution in [-0.2, 0) is 0 Å². The van der Waals surface area contributed by atoms with E-state index in [4.69, 9.17) is 0 Å². The standard InChI is InChI=1S/C13H17FN2O.ClH/c1-9-3-4-11(12(14)7-9)13(17)16(2)10-5-6-15-8-10;/h3-4,7,10,15H,5-6,8H2,1-2H3;1H. The summed E-state index contributed by atoms with van der Waals surface area (Å²) in [5, 5.41) is 3.20. The highest BCUT2D eigenvalue weighted by Crippen LogP contribution is 2.15. The molecule has 0 bridgehead atoms. The highest BCUT2D eigenvalue weighted by Gasteiger charge is 2.25. The number of hydrogen-bond donors (Lipinski definition) is 1. The smallest absolute Gasteiger partial charge is 0.256 e. The summed E-state index contributed by atoms with van der Waals surface area (Å²) >= 11 is 0. The number of aryl methyl sites for hydroxylation is 1. The second kappa shape index (κ2) is 6.16. The van der Waals surface area contributed by atoms with Gasteiger partial charge in [-0.05, 0) is 37.6 Å². The Bertz CT molecular complexity index is 433. The van der Waals surface area contributed by atoms with Gasteiger partial charge in [0.05, 0.1) is 5.56 Å². The zero-order valence-corrected chi connectivity index (χ0v) is 11.4. The van der Waals surface area contributed by atoms with Crippen LogP contribution in [0.15, 0.2) is 18.2 Å². The molecule has 1 fully saturated rings. The Morgan fingerprint density at radius 2 is 2.22 bits per heavy atom. The molecule has 0 radical (unpaired) electrons. The first-order valence-corrected chi connectivity index (χ1v) is 5.83. The molecule has 3 nitrogen and oxygen atoms in total. The van der Waals surface area contributed by atoms with Crippen LogP contribution in [-0.4, -0.2) is 37.0 Å². The molecule has 2 rings (SSSR count). The van der Waals surface area contributed by atoms with Gasteiger partial charge < -0.3 is 10.2 Å². The Morgan fingerprint density at radius 3 is 2.78 bits per heavy atom. The quantitative estimate of drug-likeness (QED) is 0.893. The lowest BCUT2D eigenvalue weighted by molar-refractivity contribution is 0.0739. The normalized spacial score (nSPS) is 18.3. The molecule has 5 heteroatoms. The van der Waals surface area contributed by atoms with Gasteiger partial charge in [0.1, 0.15) is 5.82 Å². The lowest BCUT2D eigenvalue weighted by Gasteiger charge is -2.24. The maximum absolute atomic E-state index is 13.7. The third-order valence-corrected chi connectivity index (χ3v) is 3.26. The summed E-state index contributed by atoms with van der Waals surface area (Å²) in [6.45, 7) is 3.51. The highest BCUT2D eigenvalue weighted by molar-refractivity contribution is 5.94. The SMILES string of the molecule is Cc1ccc(C(=O)N(C)C2CCNC2)c(F)c1.Cl. The summed E-state index contributed by atoms with van der Waals surface area (Å²) in [6.07, 6.45) is 0.926. The van der Waals surface area contributed by atoms with Crippen molar-refractivity contribution in [3.63, 3.8) is 0 Å². The summed E-state index contributed by atoms with van der Waals surface area (Å²) in [7, 11) is 1.74. The molecule has 1 heterocycles. The van der Waals surface area contributed by atoms with Crippen molar-refractivity contribution in [2.45, 2.75) is 19.4 Å². The van der Waals surface area contributed by atoms with Crippen LogP contribution in [0, 0.1) is 12.7 Å². The van der Waals surface area contributed by atoms with Crippen LogP contribution in [0.1, 0.15) is 22.3 Å². The average Bonchev–Trinajstić information content (AvgIpc) is 2.80. The summed E-state index contributed by atoms with van der Waals surface area (Å²) in [4.78, 5) is 13.8. The van der Waals surface area contributed by atoms with Crippen LogP contribution in [0.2, 0.25) is 0 Å². The van der Waals surface area contributed by atoms with Crippen molar-refractivity contribution in [3.05, 3.63) is 35.1 Å².